The average molecular weight is 233 g/mol. The molecule has 0 fully saturated rings. The number of benzene rings is 2. The van der Waals surface area contributed by atoms with E-state index in [1.807, 2.05) is 0 Å². The first-order valence-electron chi connectivity index (χ1n) is 4.99. The van der Waals surface area contributed by atoms with E-state index in [4.69, 9.17) is 0 Å². The van der Waals surface area contributed by atoms with Gasteiger partial charge in [-0.3, -0.25) is 4.79 Å². The molecule has 86 valence electrons. The molecule has 0 saturated heterocycles. The molecule has 0 unspecified atom stereocenters. The van der Waals surface area contributed by atoms with Gasteiger partial charge < -0.3 is 5.32 Å². The van der Waals surface area contributed by atoms with Crippen LogP contribution in [0.5, 0.6) is 0 Å². The van der Waals surface area contributed by atoms with Crippen LogP contribution in [-0.4, -0.2) is 5.91 Å². The number of halogens is 2. The Hall–Kier alpha value is -2.23. The van der Waals surface area contributed by atoms with Gasteiger partial charge in [0, 0.05) is 0 Å². The van der Waals surface area contributed by atoms with Gasteiger partial charge in [0.2, 0.25) is 0 Å². The van der Waals surface area contributed by atoms with E-state index in [2.05, 4.69) is 5.32 Å². The largest absolute Gasteiger partial charge is 0.319 e. The molecule has 1 N–H and O–H groups in total. The molecule has 2 aromatic rings. The molecule has 0 aliphatic rings. The van der Waals surface area contributed by atoms with Crippen molar-refractivity contribution in [2.75, 3.05) is 5.32 Å². The Morgan fingerprint density at radius 2 is 1.47 bits per heavy atom. The van der Waals surface area contributed by atoms with Gasteiger partial charge in [-0.1, -0.05) is 24.3 Å². The van der Waals surface area contributed by atoms with Crippen molar-refractivity contribution >= 4 is 11.6 Å². The Morgan fingerprint density at radius 3 is 2.12 bits per heavy atom. The standard InChI is InChI=1S/C13H9F2NO/c14-10-6-2-1-5-9(10)13(17)16-12-8-4-3-7-11(12)15/h1-8H,(H,16,17). The van der Waals surface area contributed by atoms with Crippen molar-refractivity contribution in [2.24, 2.45) is 0 Å². The maximum atomic E-state index is 13.3. The third kappa shape index (κ3) is 2.47. The van der Waals surface area contributed by atoms with Crippen molar-refractivity contribution in [3.05, 3.63) is 65.7 Å². The molecule has 2 aromatic carbocycles. The van der Waals surface area contributed by atoms with E-state index in [1.165, 1.54) is 36.4 Å². The zero-order valence-electron chi connectivity index (χ0n) is 8.78. The van der Waals surface area contributed by atoms with Gasteiger partial charge in [-0.05, 0) is 24.3 Å². The highest BCUT2D eigenvalue weighted by atomic mass is 19.1. The Kier molecular flexibility index (Phi) is 3.14. The summed E-state index contributed by atoms with van der Waals surface area (Å²) in [5.41, 5.74) is -0.0866. The van der Waals surface area contributed by atoms with Crippen LogP contribution in [0, 0.1) is 11.6 Å². The molecule has 0 atom stereocenters. The molecule has 0 aliphatic carbocycles. The molecule has 4 heteroatoms. The smallest absolute Gasteiger partial charge is 0.258 e. The van der Waals surface area contributed by atoms with Gasteiger partial charge in [0.1, 0.15) is 11.6 Å². The maximum Gasteiger partial charge on any atom is 0.258 e. The van der Waals surface area contributed by atoms with Crippen molar-refractivity contribution in [3.63, 3.8) is 0 Å². The lowest BCUT2D eigenvalue weighted by atomic mass is 10.2. The van der Waals surface area contributed by atoms with Gasteiger partial charge in [-0.15, -0.1) is 0 Å². The van der Waals surface area contributed by atoms with Crippen LogP contribution in [0.1, 0.15) is 10.4 Å². The lowest BCUT2D eigenvalue weighted by Gasteiger charge is -2.06. The predicted molar refractivity (Wildman–Crippen MR) is 60.8 cm³/mol. The summed E-state index contributed by atoms with van der Waals surface area (Å²) in [4.78, 5) is 11.7. The number of carbonyl (C=O) groups excluding carboxylic acids is 1. The summed E-state index contributed by atoms with van der Waals surface area (Å²) >= 11 is 0. The maximum absolute atomic E-state index is 13.3. The highest BCUT2D eigenvalue weighted by Gasteiger charge is 2.12. The van der Waals surface area contributed by atoms with Crippen molar-refractivity contribution in [1.29, 1.82) is 0 Å². The second kappa shape index (κ2) is 4.74. The highest BCUT2D eigenvalue weighted by Crippen LogP contribution is 2.15. The summed E-state index contributed by atoms with van der Waals surface area (Å²) in [5, 5.41) is 2.31. The number of amides is 1. The Bertz CT molecular complexity index is 555. The molecule has 0 bridgehead atoms. The van der Waals surface area contributed by atoms with Gasteiger partial charge in [0.05, 0.1) is 11.3 Å². The van der Waals surface area contributed by atoms with E-state index >= 15 is 0 Å². The van der Waals surface area contributed by atoms with Crippen LogP contribution in [0.4, 0.5) is 14.5 Å². The summed E-state index contributed by atoms with van der Waals surface area (Å²) in [6, 6.07) is 11.3. The van der Waals surface area contributed by atoms with E-state index in [1.54, 1.807) is 12.1 Å². The van der Waals surface area contributed by atoms with E-state index < -0.39 is 17.5 Å². The highest BCUT2D eigenvalue weighted by molar-refractivity contribution is 6.04. The average Bonchev–Trinajstić information content (AvgIpc) is 2.32. The minimum absolute atomic E-state index is 0.0285. The molecular formula is C13H9F2NO. The lowest BCUT2D eigenvalue weighted by Crippen LogP contribution is -2.14. The number of hydrogen-bond acceptors (Lipinski definition) is 1. The van der Waals surface area contributed by atoms with Crippen molar-refractivity contribution in [1.82, 2.24) is 0 Å². The van der Waals surface area contributed by atoms with Crippen LogP contribution in [0.25, 0.3) is 0 Å². The molecule has 0 heterocycles. The number of para-hydroxylation sites is 1. The van der Waals surface area contributed by atoms with E-state index in [0.29, 0.717) is 0 Å². The Morgan fingerprint density at radius 1 is 0.882 bits per heavy atom. The molecule has 0 saturated carbocycles. The fraction of sp³-hybridized carbons (Fsp3) is 0. The van der Waals surface area contributed by atoms with E-state index in [-0.39, 0.29) is 11.3 Å². The van der Waals surface area contributed by atoms with Crippen molar-refractivity contribution in [3.8, 4) is 0 Å². The fourth-order valence-corrected chi connectivity index (χ4v) is 1.40. The summed E-state index contributed by atoms with van der Waals surface area (Å²) in [6.45, 7) is 0. The van der Waals surface area contributed by atoms with Crippen LogP contribution >= 0.6 is 0 Å². The molecule has 0 aliphatic heterocycles. The third-order valence-corrected chi connectivity index (χ3v) is 2.24. The lowest BCUT2D eigenvalue weighted by molar-refractivity contribution is 0.102. The van der Waals surface area contributed by atoms with Crippen LogP contribution in [-0.2, 0) is 0 Å². The quantitative estimate of drug-likeness (QED) is 0.847. The van der Waals surface area contributed by atoms with Crippen LogP contribution in [0.3, 0.4) is 0 Å². The molecular weight excluding hydrogens is 224 g/mol. The van der Waals surface area contributed by atoms with Crippen molar-refractivity contribution < 1.29 is 13.6 Å². The van der Waals surface area contributed by atoms with Crippen LogP contribution in [0.15, 0.2) is 48.5 Å². The summed E-state index contributed by atoms with van der Waals surface area (Å²) < 4.78 is 26.5. The zero-order chi connectivity index (χ0) is 12.3. The van der Waals surface area contributed by atoms with Crippen molar-refractivity contribution in [2.45, 2.75) is 0 Å². The number of carbonyl (C=O) groups is 1. The minimum Gasteiger partial charge on any atom is -0.319 e. The van der Waals surface area contributed by atoms with Gasteiger partial charge >= 0.3 is 0 Å². The zero-order valence-corrected chi connectivity index (χ0v) is 8.78. The van der Waals surface area contributed by atoms with E-state index in [0.717, 1.165) is 0 Å². The number of rotatable bonds is 2. The Labute approximate surface area is 96.9 Å². The van der Waals surface area contributed by atoms with Gasteiger partial charge in [-0.25, -0.2) is 8.78 Å². The number of hydrogen-bond donors (Lipinski definition) is 1. The number of nitrogens with one attached hydrogen (secondary N) is 1. The number of anilines is 1. The van der Waals surface area contributed by atoms with Gasteiger partial charge in [0.25, 0.3) is 5.91 Å². The molecule has 0 aromatic heterocycles. The molecule has 0 spiro atoms. The third-order valence-electron chi connectivity index (χ3n) is 2.24. The normalized spacial score (nSPS) is 10.0. The van der Waals surface area contributed by atoms with E-state index in [9.17, 15) is 13.6 Å². The predicted octanol–water partition coefficient (Wildman–Crippen LogP) is 3.22. The molecule has 0 radical (unpaired) electrons. The minimum atomic E-state index is -0.673. The monoisotopic (exact) mass is 233 g/mol. The first-order chi connectivity index (χ1) is 8.18. The fourth-order valence-electron chi connectivity index (χ4n) is 1.40. The molecule has 17 heavy (non-hydrogen) atoms. The van der Waals surface area contributed by atoms with Crippen LogP contribution in [0.2, 0.25) is 0 Å². The van der Waals surface area contributed by atoms with Gasteiger partial charge in [-0.2, -0.15) is 0 Å². The van der Waals surface area contributed by atoms with Crippen LogP contribution < -0.4 is 5.32 Å². The second-order valence-corrected chi connectivity index (χ2v) is 3.41. The summed E-state index contributed by atoms with van der Waals surface area (Å²) in [5.74, 6) is -1.87. The molecule has 2 rings (SSSR count). The second-order valence-electron chi connectivity index (χ2n) is 3.41. The summed E-state index contributed by atoms with van der Waals surface area (Å²) in [7, 11) is 0. The summed E-state index contributed by atoms with van der Waals surface area (Å²) in [6.07, 6.45) is 0. The first-order valence-corrected chi connectivity index (χ1v) is 4.99. The SMILES string of the molecule is O=C(Nc1ccccc1F)c1ccccc1F. The van der Waals surface area contributed by atoms with Gasteiger partial charge in [0.15, 0.2) is 0 Å². The Balaban J connectivity index is 2.24. The molecule has 1 amide bonds. The first kappa shape index (κ1) is 11.3. The topological polar surface area (TPSA) is 29.1 Å². The molecule has 2 nitrogen and oxygen atoms in total.